The van der Waals surface area contributed by atoms with Crippen molar-refractivity contribution in [3.05, 3.63) is 47.0 Å². The van der Waals surface area contributed by atoms with E-state index in [9.17, 15) is 5.26 Å². The highest BCUT2D eigenvalue weighted by Crippen LogP contribution is 2.38. The summed E-state index contributed by atoms with van der Waals surface area (Å²) in [6.07, 6.45) is 6.72. The van der Waals surface area contributed by atoms with Gasteiger partial charge in [0.05, 0.1) is 16.9 Å². The third-order valence-corrected chi connectivity index (χ3v) is 3.90. The Morgan fingerprint density at radius 1 is 1.35 bits per heavy atom. The molecule has 7 heteroatoms. The molecule has 0 saturated carbocycles. The first-order chi connectivity index (χ1) is 11.0. The van der Waals surface area contributed by atoms with Crippen LogP contribution in [0.5, 0.6) is 0 Å². The summed E-state index contributed by atoms with van der Waals surface area (Å²) in [6, 6.07) is 3.89. The first-order valence-electron chi connectivity index (χ1n) is 6.82. The Morgan fingerprint density at radius 2 is 2.13 bits per heavy atom. The molecule has 0 aliphatic carbocycles. The number of nitrogen functional groups attached to an aromatic ring is 1. The smallest absolute Gasteiger partial charge is 0.142 e. The van der Waals surface area contributed by atoms with Gasteiger partial charge in [-0.05, 0) is 18.6 Å². The second kappa shape index (κ2) is 5.71. The molecule has 3 aromatic heterocycles. The van der Waals surface area contributed by atoms with E-state index in [1.54, 1.807) is 23.1 Å². The van der Waals surface area contributed by atoms with Crippen molar-refractivity contribution in [2.24, 2.45) is 7.05 Å². The van der Waals surface area contributed by atoms with Gasteiger partial charge in [0.2, 0.25) is 0 Å². The van der Waals surface area contributed by atoms with Gasteiger partial charge in [-0.15, -0.1) is 0 Å². The molecule has 0 spiro atoms. The average Bonchev–Trinajstić information content (AvgIpc) is 2.96. The van der Waals surface area contributed by atoms with Crippen LogP contribution >= 0.6 is 11.6 Å². The topological polar surface area (TPSA) is 93.4 Å². The zero-order chi connectivity index (χ0) is 16.6. The summed E-state index contributed by atoms with van der Waals surface area (Å²) in [5, 5.41) is 14.1. The predicted molar refractivity (Wildman–Crippen MR) is 88.5 cm³/mol. The first kappa shape index (κ1) is 15.0. The number of halogens is 1. The van der Waals surface area contributed by atoms with Crippen molar-refractivity contribution >= 4 is 17.4 Å². The van der Waals surface area contributed by atoms with Gasteiger partial charge in [-0.2, -0.15) is 10.4 Å². The Kier molecular flexibility index (Phi) is 3.72. The molecule has 0 saturated heterocycles. The quantitative estimate of drug-likeness (QED) is 0.782. The van der Waals surface area contributed by atoms with Gasteiger partial charge in [-0.3, -0.25) is 9.67 Å². The number of aromatic nitrogens is 4. The fourth-order valence-electron chi connectivity index (χ4n) is 2.55. The third kappa shape index (κ3) is 2.51. The van der Waals surface area contributed by atoms with Gasteiger partial charge in [0, 0.05) is 42.3 Å². The molecule has 0 aromatic carbocycles. The number of hydrogen-bond donors (Lipinski definition) is 1. The molecule has 114 valence electrons. The van der Waals surface area contributed by atoms with Crippen LogP contribution in [0.3, 0.4) is 0 Å². The molecule has 0 amide bonds. The highest BCUT2D eigenvalue weighted by Gasteiger charge is 2.20. The van der Waals surface area contributed by atoms with Gasteiger partial charge in [0.25, 0.3) is 0 Å². The Hall–Kier alpha value is -2.91. The summed E-state index contributed by atoms with van der Waals surface area (Å²) in [5.74, 6) is 0.167. The second-order valence-electron chi connectivity index (χ2n) is 5.09. The van der Waals surface area contributed by atoms with Gasteiger partial charge in [-0.25, -0.2) is 4.98 Å². The van der Waals surface area contributed by atoms with E-state index in [-0.39, 0.29) is 5.82 Å². The number of hydrogen-bond acceptors (Lipinski definition) is 5. The Morgan fingerprint density at radius 3 is 2.74 bits per heavy atom. The van der Waals surface area contributed by atoms with Crippen molar-refractivity contribution in [1.29, 1.82) is 5.26 Å². The molecule has 0 aliphatic rings. The zero-order valence-corrected chi connectivity index (χ0v) is 13.3. The van der Waals surface area contributed by atoms with Gasteiger partial charge >= 0.3 is 0 Å². The number of nitriles is 1. The summed E-state index contributed by atoms with van der Waals surface area (Å²) >= 11 is 6.26. The lowest BCUT2D eigenvalue weighted by Crippen LogP contribution is -2.03. The number of anilines is 1. The number of nitrogens with two attached hydrogens (primary N) is 1. The summed E-state index contributed by atoms with van der Waals surface area (Å²) in [4.78, 5) is 8.37. The maximum absolute atomic E-state index is 9.50. The minimum atomic E-state index is 0.167. The molecule has 23 heavy (non-hydrogen) atoms. The lowest BCUT2D eigenvalue weighted by atomic mass is 9.94. The molecule has 0 radical (unpaired) electrons. The van der Waals surface area contributed by atoms with Crippen LogP contribution in [0.4, 0.5) is 5.82 Å². The van der Waals surface area contributed by atoms with Crippen molar-refractivity contribution < 1.29 is 0 Å². The van der Waals surface area contributed by atoms with E-state index in [1.807, 2.05) is 20.2 Å². The van der Waals surface area contributed by atoms with E-state index >= 15 is 0 Å². The van der Waals surface area contributed by atoms with E-state index in [2.05, 4.69) is 21.1 Å². The van der Waals surface area contributed by atoms with E-state index in [4.69, 9.17) is 17.3 Å². The van der Waals surface area contributed by atoms with Crippen LogP contribution in [-0.4, -0.2) is 19.7 Å². The van der Waals surface area contributed by atoms with Gasteiger partial charge < -0.3 is 5.73 Å². The maximum atomic E-state index is 9.50. The molecule has 6 nitrogen and oxygen atoms in total. The molecule has 3 heterocycles. The first-order valence-corrected chi connectivity index (χ1v) is 7.19. The molecule has 0 bridgehead atoms. The molecule has 3 aromatic rings. The largest absolute Gasteiger partial charge is 0.383 e. The molecular formula is C16H13ClN6. The lowest BCUT2D eigenvalue weighted by molar-refractivity contribution is 0.768. The third-order valence-electron chi connectivity index (χ3n) is 3.60. The molecule has 2 N–H and O–H groups in total. The number of pyridine rings is 2. The number of nitrogens with zero attached hydrogens (tertiary/aromatic N) is 5. The molecular weight excluding hydrogens is 312 g/mol. The lowest BCUT2D eigenvalue weighted by Gasteiger charge is -2.14. The SMILES string of the molecule is Cc1c(-c2cnn(C)c2)nc(N)c(C#N)c1-c1ccncc1Cl. The van der Waals surface area contributed by atoms with Crippen molar-refractivity contribution in [2.45, 2.75) is 6.92 Å². The van der Waals surface area contributed by atoms with Crippen LogP contribution < -0.4 is 5.73 Å². The highest BCUT2D eigenvalue weighted by atomic mass is 35.5. The van der Waals surface area contributed by atoms with Crippen LogP contribution in [0.1, 0.15) is 11.1 Å². The van der Waals surface area contributed by atoms with Crippen molar-refractivity contribution in [3.8, 4) is 28.5 Å². The van der Waals surface area contributed by atoms with Crippen LogP contribution in [0.2, 0.25) is 5.02 Å². The average molecular weight is 325 g/mol. The highest BCUT2D eigenvalue weighted by molar-refractivity contribution is 6.33. The Balaban J connectivity index is 2.37. The van der Waals surface area contributed by atoms with E-state index in [0.717, 1.165) is 11.1 Å². The summed E-state index contributed by atoms with van der Waals surface area (Å²) in [6.45, 7) is 1.89. The molecule has 0 unspecified atom stereocenters. The normalized spacial score (nSPS) is 10.5. The standard InChI is InChI=1S/C16H13ClN6/c1-9-14(11-3-4-20-7-13(11)17)12(5-18)16(19)22-15(9)10-6-21-23(2)8-10/h3-4,6-8H,1-2H3,(H2,19,22). The fourth-order valence-corrected chi connectivity index (χ4v) is 2.76. The van der Waals surface area contributed by atoms with Gasteiger partial charge in [0.15, 0.2) is 0 Å². The van der Waals surface area contributed by atoms with Crippen molar-refractivity contribution in [2.75, 3.05) is 5.73 Å². The van der Waals surface area contributed by atoms with E-state index in [1.165, 1.54) is 6.20 Å². The molecule has 0 atom stereocenters. The van der Waals surface area contributed by atoms with Gasteiger partial charge in [-0.1, -0.05) is 11.6 Å². The Bertz CT molecular complexity index is 938. The van der Waals surface area contributed by atoms with Crippen LogP contribution in [0.15, 0.2) is 30.9 Å². The molecule has 0 fully saturated rings. The molecule has 3 rings (SSSR count). The number of aryl methyl sites for hydroxylation is 1. The van der Waals surface area contributed by atoms with Gasteiger partial charge in [0.1, 0.15) is 17.5 Å². The minimum Gasteiger partial charge on any atom is -0.383 e. The summed E-state index contributed by atoms with van der Waals surface area (Å²) in [5.41, 5.74) is 10.0. The van der Waals surface area contributed by atoms with Crippen LogP contribution in [-0.2, 0) is 7.05 Å². The maximum Gasteiger partial charge on any atom is 0.142 e. The van der Waals surface area contributed by atoms with Crippen molar-refractivity contribution in [1.82, 2.24) is 19.7 Å². The summed E-state index contributed by atoms with van der Waals surface area (Å²) in [7, 11) is 1.83. The Labute approximate surface area is 138 Å². The van der Waals surface area contributed by atoms with Crippen LogP contribution in [0.25, 0.3) is 22.4 Å². The van der Waals surface area contributed by atoms with E-state index < -0.39 is 0 Å². The number of rotatable bonds is 2. The van der Waals surface area contributed by atoms with Crippen LogP contribution in [0, 0.1) is 18.3 Å². The zero-order valence-electron chi connectivity index (χ0n) is 12.6. The second-order valence-corrected chi connectivity index (χ2v) is 5.50. The monoisotopic (exact) mass is 324 g/mol. The minimum absolute atomic E-state index is 0.167. The summed E-state index contributed by atoms with van der Waals surface area (Å²) < 4.78 is 1.68. The fraction of sp³-hybridized carbons (Fsp3) is 0.125. The molecule has 0 aliphatic heterocycles. The predicted octanol–water partition coefficient (Wildman–Crippen LogP) is 2.96. The van der Waals surface area contributed by atoms with Crippen molar-refractivity contribution in [3.63, 3.8) is 0 Å². The van der Waals surface area contributed by atoms with E-state index in [0.29, 0.717) is 27.4 Å².